The molecule has 128 valence electrons. The zero-order chi connectivity index (χ0) is 17.1. The summed E-state index contributed by atoms with van der Waals surface area (Å²) >= 11 is 0. The van der Waals surface area contributed by atoms with Gasteiger partial charge in [0.1, 0.15) is 5.82 Å². The predicted molar refractivity (Wildman–Crippen MR) is 88.4 cm³/mol. The van der Waals surface area contributed by atoms with Gasteiger partial charge in [-0.3, -0.25) is 4.98 Å². The Morgan fingerprint density at radius 2 is 2.26 bits per heavy atom. The monoisotopic (exact) mass is 342 g/mol. The molecule has 0 radical (unpaired) electrons. The molecule has 1 saturated heterocycles. The van der Waals surface area contributed by atoms with Crippen molar-refractivity contribution in [1.82, 2.24) is 15.2 Å². The Kier molecular flexibility index (Phi) is 5.23. The summed E-state index contributed by atoms with van der Waals surface area (Å²) in [7, 11) is -3.11. The molecular weight excluding hydrogens is 319 g/mol. The highest BCUT2D eigenvalue weighted by molar-refractivity contribution is 7.92. The molecule has 1 N–H and O–H groups in total. The lowest BCUT2D eigenvalue weighted by atomic mass is 10.2. The normalized spacial score (nSPS) is 20.3. The van der Waals surface area contributed by atoms with Crippen molar-refractivity contribution in [1.29, 1.82) is 0 Å². The van der Waals surface area contributed by atoms with Gasteiger partial charge < -0.3 is 10.2 Å². The summed E-state index contributed by atoms with van der Waals surface area (Å²) in [4.78, 5) is 10.3. The van der Waals surface area contributed by atoms with E-state index in [0.29, 0.717) is 25.6 Å². The average molecular weight is 342 g/mol. The minimum atomic E-state index is -3.11. The number of guanidine groups is 1. The molecule has 1 aromatic heterocycles. The standard InChI is InChI=1S/C15H23FN4O2S/c1-4-17-14(19-10-13-12(16)6-5-7-18-13)20-8-9-23(21,22)15(2,3)11-20/h5-7H,4,8-11H2,1-3H3,(H,17,19). The van der Waals surface area contributed by atoms with E-state index in [1.54, 1.807) is 13.8 Å². The third-order valence-electron chi connectivity index (χ3n) is 3.89. The number of aromatic nitrogens is 1. The number of rotatable bonds is 3. The van der Waals surface area contributed by atoms with Gasteiger partial charge in [-0.05, 0) is 32.9 Å². The first-order chi connectivity index (χ1) is 10.8. The first-order valence-electron chi connectivity index (χ1n) is 7.62. The Hall–Kier alpha value is -1.70. The molecule has 0 bridgehead atoms. The molecule has 2 rings (SSSR count). The number of hydrogen-bond donors (Lipinski definition) is 1. The van der Waals surface area contributed by atoms with Gasteiger partial charge >= 0.3 is 0 Å². The number of nitrogens with one attached hydrogen (secondary N) is 1. The third-order valence-corrected chi connectivity index (χ3v) is 6.42. The number of hydrogen-bond acceptors (Lipinski definition) is 4. The van der Waals surface area contributed by atoms with Crippen LogP contribution in [0.1, 0.15) is 26.5 Å². The Morgan fingerprint density at radius 3 is 2.87 bits per heavy atom. The van der Waals surface area contributed by atoms with E-state index >= 15 is 0 Å². The van der Waals surface area contributed by atoms with E-state index in [4.69, 9.17) is 0 Å². The van der Waals surface area contributed by atoms with Crippen LogP contribution in [-0.4, -0.2) is 54.4 Å². The molecule has 0 amide bonds. The lowest BCUT2D eigenvalue weighted by Crippen LogP contribution is -2.57. The first kappa shape index (κ1) is 17.7. The summed E-state index contributed by atoms with van der Waals surface area (Å²) in [5.74, 6) is 0.275. The topological polar surface area (TPSA) is 74.7 Å². The van der Waals surface area contributed by atoms with E-state index in [-0.39, 0.29) is 18.0 Å². The van der Waals surface area contributed by atoms with E-state index in [0.717, 1.165) is 0 Å². The van der Waals surface area contributed by atoms with Crippen LogP contribution in [0.2, 0.25) is 0 Å². The Morgan fingerprint density at radius 1 is 1.52 bits per heavy atom. The second-order valence-corrected chi connectivity index (χ2v) is 8.85. The molecule has 1 aliphatic rings. The predicted octanol–water partition coefficient (Wildman–Crippen LogP) is 1.20. The highest BCUT2D eigenvalue weighted by Gasteiger charge is 2.40. The number of sulfone groups is 1. The molecule has 0 aliphatic carbocycles. The number of pyridine rings is 1. The molecule has 0 spiro atoms. The molecule has 2 heterocycles. The van der Waals surface area contributed by atoms with Gasteiger partial charge in [0, 0.05) is 25.8 Å². The molecule has 8 heteroatoms. The second kappa shape index (κ2) is 6.82. The Labute approximate surface area is 136 Å². The quantitative estimate of drug-likeness (QED) is 0.660. The summed E-state index contributed by atoms with van der Waals surface area (Å²) in [5.41, 5.74) is 0.270. The molecular formula is C15H23FN4O2S. The van der Waals surface area contributed by atoms with Gasteiger partial charge in [0.25, 0.3) is 0 Å². The van der Waals surface area contributed by atoms with Crippen molar-refractivity contribution in [3.63, 3.8) is 0 Å². The lowest BCUT2D eigenvalue weighted by Gasteiger charge is -2.39. The van der Waals surface area contributed by atoms with Crippen molar-refractivity contribution < 1.29 is 12.8 Å². The Bertz CT molecular complexity index is 688. The van der Waals surface area contributed by atoms with Crippen molar-refractivity contribution in [3.8, 4) is 0 Å². The summed E-state index contributed by atoms with van der Waals surface area (Å²) in [6.45, 7) is 6.86. The van der Waals surface area contributed by atoms with Crippen molar-refractivity contribution in [2.75, 3.05) is 25.4 Å². The van der Waals surface area contributed by atoms with E-state index < -0.39 is 20.4 Å². The van der Waals surface area contributed by atoms with Crippen molar-refractivity contribution in [2.24, 2.45) is 4.99 Å². The molecule has 0 unspecified atom stereocenters. The van der Waals surface area contributed by atoms with Crippen LogP contribution in [0.3, 0.4) is 0 Å². The fourth-order valence-electron chi connectivity index (χ4n) is 2.43. The zero-order valence-corrected chi connectivity index (χ0v) is 14.5. The molecule has 1 aromatic rings. The lowest BCUT2D eigenvalue weighted by molar-refractivity contribution is 0.353. The van der Waals surface area contributed by atoms with E-state index in [1.807, 2.05) is 11.8 Å². The maximum absolute atomic E-state index is 13.6. The minimum absolute atomic E-state index is 0.0857. The fourth-order valence-corrected chi connectivity index (χ4v) is 3.80. The van der Waals surface area contributed by atoms with Crippen LogP contribution in [0, 0.1) is 5.82 Å². The molecule has 23 heavy (non-hydrogen) atoms. The SMILES string of the molecule is CCNC(=NCc1ncccc1F)N1CCS(=O)(=O)C(C)(C)C1. The third kappa shape index (κ3) is 3.99. The van der Waals surface area contributed by atoms with Crippen molar-refractivity contribution in [2.45, 2.75) is 32.1 Å². The molecule has 6 nitrogen and oxygen atoms in total. The van der Waals surface area contributed by atoms with Gasteiger partial charge in [0.05, 0.1) is 22.7 Å². The van der Waals surface area contributed by atoms with E-state index in [2.05, 4.69) is 15.3 Å². The highest BCUT2D eigenvalue weighted by atomic mass is 32.2. The van der Waals surface area contributed by atoms with Gasteiger partial charge in [-0.25, -0.2) is 17.8 Å². The number of aliphatic imine (C=N–C) groups is 1. The zero-order valence-electron chi connectivity index (χ0n) is 13.7. The van der Waals surface area contributed by atoms with Gasteiger partial charge in [-0.15, -0.1) is 0 Å². The summed E-state index contributed by atoms with van der Waals surface area (Å²) in [6.07, 6.45) is 1.53. The largest absolute Gasteiger partial charge is 0.357 e. The smallest absolute Gasteiger partial charge is 0.194 e. The molecule has 1 aliphatic heterocycles. The number of nitrogens with zero attached hydrogens (tertiary/aromatic N) is 3. The molecule has 1 fully saturated rings. The van der Waals surface area contributed by atoms with Crippen LogP contribution in [0.25, 0.3) is 0 Å². The maximum atomic E-state index is 13.6. The van der Waals surface area contributed by atoms with Crippen molar-refractivity contribution in [3.05, 3.63) is 29.8 Å². The van der Waals surface area contributed by atoms with Crippen LogP contribution in [0.15, 0.2) is 23.3 Å². The first-order valence-corrected chi connectivity index (χ1v) is 9.27. The molecule has 0 atom stereocenters. The summed E-state index contributed by atoms with van der Waals surface area (Å²) < 4.78 is 37.0. The summed E-state index contributed by atoms with van der Waals surface area (Å²) in [6, 6.07) is 2.88. The summed E-state index contributed by atoms with van der Waals surface area (Å²) in [5, 5.41) is 3.14. The highest BCUT2D eigenvalue weighted by Crippen LogP contribution is 2.23. The van der Waals surface area contributed by atoms with E-state index in [9.17, 15) is 12.8 Å². The van der Waals surface area contributed by atoms with Gasteiger partial charge in [-0.1, -0.05) is 0 Å². The average Bonchev–Trinajstić information content (AvgIpc) is 2.48. The Balaban J connectivity index is 2.19. The number of halogens is 1. The van der Waals surface area contributed by atoms with Crippen LogP contribution in [0.5, 0.6) is 0 Å². The van der Waals surface area contributed by atoms with Gasteiger partial charge in [0.2, 0.25) is 0 Å². The molecule has 0 aromatic carbocycles. The van der Waals surface area contributed by atoms with Crippen LogP contribution in [-0.2, 0) is 16.4 Å². The van der Waals surface area contributed by atoms with Crippen LogP contribution < -0.4 is 5.32 Å². The van der Waals surface area contributed by atoms with E-state index in [1.165, 1.54) is 18.3 Å². The second-order valence-electron chi connectivity index (χ2n) is 6.10. The van der Waals surface area contributed by atoms with Gasteiger partial charge in [0.15, 0.2) is 15.8 Å². The van der Waals surface area contributed by atoms with Crippen LogP contribution >= 0.6 is 0 Å². The minimum Gasteiger partial charge on any atom is -0.357 e. The van der Waals surface area contributed by atoms with Crippen molar-refractivity contribution >= 4 is 15.8 Å². The fraction of sp³-hybridized carbons (Fsp3) is 0.600. The van der Waals surface area contributed by atoms with Crippen LogP contribution in [0.4, 0.5) is 4.39 Å². The maximum Gasteiger partial charge on any atom is 0.194 e. The molecule has 0 saturated carbocycles. The van der Waals surface area contributed by atoms with Gasteiger partial charge in [-0.2, -0.15) is 0 Å².